The highest BCUT2D eigenvalue weighted by atomic mass is 16.5. The van der Waals surface area contributed by atoms with Crippen LogP contribution in [0, 0.1) is 0 Å². The van der Waals surface area contributed by atoms with Crippen LogP contribution in [0.5, 0.6) is 17.2 Å². The van der Waals surface area contributed by atoms with Gasteiger partial charge in [0.2, 0.25) is 0 Å². The molecule has 1 aromatic heterocycles. The molecule has 0 radical (unpaired) electrons. The van der Waals surface area contributed by atoms with Gasteiger partial charge in [-0.1, -0.05) is 30.3 Å². The Labute approximate surface area is 211 Å². The zero-order valence-electron chi connectivity index (χ0n) is 20.7. The minimum atomic E-state index is -0.178. The Bertz CT molecular complexity index is 1350. The number of carbonyl (C=O) groups excluding carboxylic acids is 1. The highest BCUT2D eigenvalue weighted by Crippen LogP contribution is 2.28. The van der Waals surface area contributed by atoms with Crippen LogP contribution >= 0.6 is 0 Å². The molecule has 0 unspecified atom stereocenters. The van der Waals surface area contributed by atoms with Gasteiger partial charge >= 0.3 is 0 Å². The van der Waals surface area contributed by atoms with Gasteiger partial charge in [0, 0.05) is 12.1 Å². The lowest BCUT2D eigenvalue weighted by Gasteiger charge is -2.13. The number of imidazole rings is 1. The van der Waals surface area contributed by atoms with Crippen molar-refractivity contribution in [3.63, 3.8) is 0 Å². The lowest BCUT2D eigenvalue weighted by molar-refractivity contribution is 0.0949. The average molecular weight is 486 g/mol. The lowest BCUT2D eigenvalue weighted by Crippen LogP contribution is -2.25. The molecule has 0 saturated carbocycles. The van der Waals surface area contributed by atoms with Crippen LogP contribution in [0.15, 0.2) is 79.4 Å². The fraction of sp³-hybridized carbons (Fsp3) is 0.241. The number of hydrogen-bond donors (Lipinski definition) is 1. The van der Waals surface area contributed by atoms with Crippen LogP contribution in [0.3, 0.4) is 0 Å². The molecule has 0 aliphatic carbocycles. The SMILES string of the molecule is C=CCc1ccc(OCCCn2c(CNC(=O)c3cccc(OC)c3)nc3ccccc32)c(OC)c1. The molecular weight excluding hydrogens is 454 g/mol. The number of allylic oxidation sites excluding steroid dienone is 1. The fourth-order valence-corrected chi connectivity index (χ4v) is 4.07. The molecule has 1 heterocycles. The number of amides is 1. The summed E-state index contributed by atoms with van der Waals surface area (Å²) in [6, 6.07) is 21.0. The molecule has 7 heteroatoms. The second kappa shape index (κ2) is 11.9. The number of nitrogens with zero attached hydrogens (tertiary/aromatic N) is 2. The summed E-state index contributed by atoms with van der Waals surface area (Å²) < 4.78 is 18.9. The largest absolute Gasteiger partial charge is 0.497 e. The number of nitrogens with one attached hydrogen (secondary N) is 1. The molecule has 1 N–H and O–H groups in total. The molecule has 4 rings (SSSR count). The predicted octanol–water partition coefficient (Wildman–Crippen LogP) is 5.18. The first-order valence-corrected chi connectivity index (χ1v) is 11.9. The second-order valence-corrected chi connectivity index (χ2v) is 8.26. The number of hydrogen-bond acceptors (Lipinski definition) is 5. The summed E-state index contributed by atoms with van der Waals surface area (Å²) in [5.41, 5.74) is 3.58. The first-order chi connectivity index (χ1) is 17.6. The Hall–Kier alpha value is -4.26. The van der Waals surface area contributed by atoms with Gasteiger partial charge in [-0.25, -0.2) is 4.98 Å². The van der Waals surface area contributed by atoms with Gasteiger partial charge in [-0.2, -0.15) is 0 Å². The number of methoxy groups -OCH3 is 2. The first kappa shape index (κ1) is 24.9. The van der Waals surface area contributed by atoms with Crippen LogP contribution in [-0.2, 0) is 19.5 Å². The van der Waals surface area contributed by atoms with E-state index >= 15 is 0 Å². The van der Waals surface area contributed by atoms with Crippen molar-refractivity contribution in [1.82, 2.24) is 14.9 Å². The molecule has 0 fully saturated rings. The molecule has 0 saturated heterocycles. The molecule has 3 aromatic carbocycles. The normalized spacial score (nSPS) is 10.7. The van der Waals surface area contributed by atoms with E-state index in [9.17, 15) is 4.79 Å². The molecule has 0 aliphatic rings. The number of benzene rings is 3. The van der Waals surface area contributed by atoms with E-state index in [0.717, 1.165) is 35.3 Å². The van der Waals surface area contributed by atoms with Crippen molar-refractivity contribution in [2.45, 2.75) is 25.9 Å². The Morgan fingerprint density at radius 3 is 2.69 bits per heavy atom. The smallest absolute Gasteiger partial charge is 0.251 e. The van der Waals surface area contributed by atoms with Gasteiger partial charge in [-0.05, 0) is 60.9 Å². The molecular formula is C29H31N3O4. The topological polar surface area (TPSA) is 74.6 Å². The van der Waals surface area contributed by atoms with Crippen molar-refractivity contribution in [3.8, 4) is 17.2 Å². The number of aryl methyl sites for hydroxylation is 1. The van der Waals surface area contributed by atoms with E-state index in [1.54, 1.807) is 32.4 Å². The molecule has 186 valence electrons. The first-order valence-electron chi connectivity index (χ1n) is 11.9. The van der Waals surface area contributed by atoms with Crippen LogP contribution in [-0.4, -0.2) is 36.3 Å². The van der Waals surface area contributed by atoms with Crippen LogP contribution in [0.4, 0.5) is 0 Å². The quantitative estimate of drug-likeness (QED) is 0.221. The maximum absolute atomic E-state index is 12.7. The summed E-state index contributed by atoms with van der Waals surface area (Å²) in [5, 5.41) is 2.98. The second-order valence-electron chi connectivity index (χ2n) is 8.26. The van der Waals surface area contributed by atoms with E-state index < -0.39 is 0 Å². The monoisotopic (exact) mass is 485 g/mol. The standard InChI is InChI=1S/C29H31N3O4/c1-4-9-21-14-15-26(27(18-21)35-3)36-17-8-16-32-25-13-6-5-12-24(25)31-28(32)20-30-29(33)22-10-7-11-23(19-22)34-2/h4-7,10-15,18-19H,1,8-9,16-17,20H2,2-3H3,(H,30,33). The Morgan fingerprint density at radius 1 is 1.03 bits per heavy atom. The summed E-state index contributed by atoms with van der Waals surface area (Å²) in [4.78, 5) is 17.5. The van der Waals surface area contributed by atoms with Crippen molar-refractivity contribution in [3.05, 3.63) is 96.3 Å². The summed E-state index contributed by atoms with van der Waals surface area (Å²) in [6.07, 6.45) is 3.40. The van der Waals surface area contributed by atoms with E-state index in [1.807, 2.05) is 54.6 Å². The van der Waals surface area contributed by atoms with Crippen LogP contribution in [0.1, 0.15) is 28.2 Å². The third-order valence-electron chi connectivity index (χ3n) is 5.86. The van der Waals surface area contributed by atoms with Gasteiger partial charge in [0.25, 0.3) is 5.91 Å². The van der Waals surface area contributed by atoms with Gasteiger partial charge in [0.1, 0.15) is 11.6 Å². The minimum Gasteiger partial charge on any atom is -0.497 e. The van der Waals surface area contributed by atoms with Gasteiger partial charge in [0.15, 0.2) is 11.5 Å². The minimum absolute atomic E-state index is 0.178. The van der Waals surface area contributed by atoms with Crippen molar-refractivity contribution in [1.29, 1.82) is 0 Å². The Balaban J connectivity index is 1.42. The highest BCUT2D eigenvalue weighted by molar-refractivity contribution is 5.94. The summed E-state index contributed by atoms with van der Waals surface area (Å²) in [5.74, 6) is 2.68. The van der Waals surface area contributed by atoms with E-state index in [2.05, 4.69) is 16.5 Å². The van der Waals surface area contributed by atoms with Crippen LogP contribution < -0.4 is 19.5 Å². The number of aromatic nitrogens is 2. The van der Waals surface area contributed by atoms with Crippen molar-refractivity contribution >= 4 is 16.9 Å². The third kappa shape index (κ3) is 5.86. The van der Waals surface area contributed by atoms with Crippen LogP contribution in [0.2, 0.25) is 0 Å². The maximum atomic E-state index is 12.7. The van der Waals surface area contributed by atoms with Gasteiger partial charge in [0.05, 0.1) is 38.4 Å². The number of para-hydroxylation sites is 2. The van der Waals surface area contributed by atoms with Gasteiger partial charge in [-0.3, -0.25) is 4.79 Å². The van der Waals surface area contributed by atoms with Crippen molar-refractivity contribution in [2.24, 2.45) is 0 Å². The predicted molar refractivity (Wildman–Crippen MR) is 141 cm³/mol. The van der Waals surface area contributed by atoms with Crippen LogP contribution in [0.25, 0.3) is 11.0 Å². The highest BCUT2D eigenvalue weighted by Gasteiger charge is 2.13. The van der Waals surface area contributed by atoms with Gasteiger partial charge < -0.3 is 24.1 Å². The maximum Gasteiger partial charge on any atom is 0.251 e. The molecule has 1 amide bonds. The molecule has 0 atom stereocenters. The fourth-order valence-electron chi connectivity index (χ4n) is 4.07. The molecule has 36 heavy (non-hydrogen) atoms. The summed E-state index contributed by atoms with van der Waals surface area (Å²) in [7, 11) is 3.22. The van der Waals surface area contributed by atoms with Crippen molar-refractivity contribution in [2.75, 3.05) is 20.8 Å². The number of fused-ring (bicyclic) bond motifs is 1. The molecule has 0 spiro atoms. The molecule has 0 bridgehead atoms. The number of rotatable bonds is 12. The third-order valence-corrected chi connectivity index (χ3v) is 5.86. The van der Waals surface area contributed by atoms with Gasteiger partial charge in [-0.15, -0.1) is 6.58 Å². The van der Waals surface area contributed by atoms with E-state index in [-0.39, 0.29) is 5.91 Å². The summed E-state index contributed by atoms with van der Waals surface area (Å²) >= 11 is 0. The van der Waals surface area contributed by atoms with Crippen molar-refractivity contribution < 1.29 is 19.0 Å². The zero-order chi connectivity index (χ0) is 25.3. The Kier molecular flexibility index (Phi) is 8.24. The molecule has 7 nitrogen and oxygen atoms in total. The van der Waals surface area contributed by atoms with E-state index in [4.69, 9.17) is 19.2 Å². The lowest BCUT2D eigenvalue weighted by atomic mass is 10.1. The average Bonchev–Trinajstić information content (AvgIpc) is 3.27. The summed E-state index contributed by atoms with van der Waals surface area (Å²) in [6.45, 7) is 5.30. The Morgan fingerprint density at radius 2 is 1.89 bits per heavy atom. The number of ether oxygens (including phenoxy) is 3. The molecule has 4 aromatic rings. The van der Waals surface area contributed by atoms with E-state index in [0.29, 0.717) is 42.5 Å². The zero-order valence-corrected chi connectivity index (χ0v) is 20.7. The number of carbonyl (C=O) groups is 1. The molecule has 0 aliphatic heterocycles. The van der Waals surface area contributed by atoms with E-state index in [1.165, 1.54) is 0 Å².